The molecule has 5 rings (SSSR count). The zero-order chi connectivity index (χ0) is 23.5. The first-order valence-corrected chi connectivity index (χ1v) is 11.4. The van der Waals surface area contributed by atoms with Crippen molar-refractivity contribution in [1.29, 1.82) is 0 Å². The molecule has 0 radical (unpaired) electrons. The molecule has 0 bridgehead atoms. The van der Waals surface area contributed by atoms with E-state index in [4.69, 9.17) is 4.74 Å². The summed E-state index contributed by atoms with van der Waals surface area (Å²) in [5.74, 6) is 1.53. The minimum atomic E-state index is -0.167. The molecule has 3 aromatic carbocycles. The molecule has 34 heavy (non-hydrogen) atoms. The maximum Gasteiger partial charge on any atom is 0.250 e. The van der Waals surface area contributed by atoms with Crippen LogP contribution in [-0.4, -0.2) is 27.8 Å². The van der Waals surface area contributed by atoms with Gasteiger partial charge in [0.25, 0.3) is 5.95 Å². The van der Waals surface area contributed by atoms with Crippen LogP contribution in [0.15, 0.2) is 78.9 Å². The van der Waals surface area contributed by atoms with Gasteiger partial charge in [0.15, 0.2) is 0 Å². The Hall–Kier alpha value is -4.13. The number of methoxy groups -OCH3 is 1. The van der Waals surface area contributed by atoms with Crippen molar-refractivity contribution < 1.29 is 9.53 Å². The van der Waals surface area contributed by atoms with E-state index >= 15 is 0 Å². The minimum absolute atomic E-state index is 0.00166. The number of rotatable bonds is 6. The Bertz CT molecular complexity index is 1270. The lowest BCUT2D eigenvalue weighted by Gasteiger charge is -2.31. The average Bonchev–Trinajstić information content (AvgIpc) is 3.27. The van der Waals surface area contributed by atoms with Gasteiger partial charge in [0.05, 0.1) is 25.6 Å². The SMILES string of the molecule is COc1ccc(CC(=O)Nc2nc3n(n2)[C@H](c2ccc(C)cc2)C[C@@H](c2ccccc2)N3)cc1. The topological polar surface area (TPSA) is 81.1 Å². The lowest BCUT2D eigenvalue weighted by molar-refractivity contribution is -0.115. The summed E-state index contributed by atoms with van der Waals surface area (Å²) in [6.07, 6.45) is 1.05. The highest BCUT2D eigenvalue weighted by atomic mass is 16.5. The lowest BCUT2D eigenvalue weighted by atomic mass is 9.93. The molecule has 1 aromatic heterocycles. The largest absolute Gasteiger partial charge is 0.497 e. The molecule has 4 aromatic rings. The number of ether oxygens (including phenoxy) is 1. The van der Waals surface area contributed by atoms with Crippen molar-refractivity contribution in [3.8, 4) is 5.75 Å². The number of hydrogen-bond donors (Lipinski definition) is 2. The Morgan fingerprint density at radius 1 is 1.03 bits per heavy atom. The monoisotopic (exact) mass is 453 g/mol. The van der Waals surface area contributed by atoms with Crippen LogP contribution >= 0.6 is 0 Å². The van der Waals surface area contributed by atoms with E-state index in [1.54, 1.807) is 7.11 Å². The van der Waals surface area contributed by atoms with Gasteiger partial charge in [-0.05, 0) is 42.2 Å². The Kier molecular flexibility index (Phi) is 5.99. The molecule has 172 valence electrons. The molecular formula is C27H27N5O2. The van der Waals surface area contributed by atoms with Crippen molar-refractivity contribution in [3.05, 3.63) is 101 Å². The van der Waals surface area contributed by atoms with Crippen molar-refractivity contribution in [1.82, 2.24) is 14.8 Å². The van der Waals surface area contributed by atoms with Gasteiger partial charge in [-0.1, -0.05) is 72.3 Å². The predicted octanol–water partition coefficient (Wildman–Crippen LogP) is 4.92. The van der Waals surface area contributed by atoms with Crippen LogP contribution in [0.5, 0.6) is 5.75 Å². The fourth-order valence-electron chi connectivity index (χ4n) is 4.30. The number of fused-ring (bicyclic) bond motifs is 1. The summed E-state index contributed by atoms with van der Waals surface area (Å²) >= 11 is 0. The highest BCUT2D eigenvalue weighted by molar-refractivity contribution is 5.90. The second kappa shape index (κ2) is 9.39. The number of nitrogens with zero attached hydrogens (tertiary/aromatic N) is 3. The van der Waals surface area contributed by atoms with E-state index in [1.165, 1.54) is 11.1 Å². The fraction of sp³-hybridized carbons (Fsp3) is 0.222. The van der Waals surface area contributed by atoms with Crippen molar-refractivity contribution >= 4 is 17.8 Å². The first-order chi connectivity index (χ1) is 16.6. The molecule has 2 heterocycles. The van der Waals surface area contributed by atoms with Gasteiger partial charge in [0.1, 0.15) is 5.75 Å². The molecule has 2 N–H and O–H groups in total. The van der Waals surface area contributed by atoms with E-state index in [2.05, 4.69) is 64.0 Å². The van der Waals surface area contributed by atoms with Gasteiger partial charge in [-0.3, -0.25) is 10.1 Å². The quantitative estimate of drug-likeness (QED) is 0.433. The number of carbonyl (C=O) groups excluding carboxylic acids is 1. The number of nitrogens with one attached hydrogen (secondary N) is 2. The van der Waals surface area contributed by atoms with E-state index in [0.717, 1.165) is 23.3 Å². The predicted molar refractivity (Wildman–Crippen MR) is 132 cm³/mol. The molecule has 0 spiro atoms. The molecule has 0 saturated carbocycles. The van der Waals surface area contributed by atoms with Crippen LogP contribution in [0.4, 0.5) is 11.9 Å². The van der Waals surface area contributed by atoms with Gasteiger partial charge in [0, 0.05) is 0 Å². The molecule has 0 aliphatic carbocycles. The molecule has 0 saturated heterocycles. The normalized spacial score (nSPS) is 16.9. The van der Waals surface area contributed by atoms with E-state index in [0.29, 0.717) is 11.9 Å². The number of aromatic nitrogens is 3. The summed E-state index contributed by atoms with van der Waals surface area (Å²) in [6.45, 7) is 2.08. The van der Waals surface area contributed by atoms with Gasteiger partial charge in [-0.25, -0.2) is 4.68 Å². The van der Waals surface area contributed by atoms with Gasteiger partial charge in [-0.2, -0.15) is 4.98 Å². The Balaban J connectivity index is 1.39. The van der Waals surface area contributed by atoms with Crippen LogP contribution in [0.25, 0.3) is 0 Å². The van der Waals surface area contributed by atoms with Gasteiger partial charge in [-0.15, -0.1) is 5.10 Å². The first-order valence-electron chi connectivity index (χ1n) is 11.4. The molecule has 0 unspecified atom stereocenters. The number of carbonyl (C=O) groups is 1. The van der Waals surface area contributed by atoms with Crippen molar-refractivity contribution in [2.75, 3.05) is 17.7 Å². The summed E-state index contributed by atoms with van der Waals surface area (Å²) in [6, 6.07) is 26.4. The highest BCUT2D eigenvalue weighted by Crippen LogP contribution is 2.38. The summed E-state index contributed by atoms with van der Waals surface area (Å²) in [5.41, 5.74) is 4.46. The van der Waals surface area contributed by atoms with Gasteiger partial charge < -0.3 is 10.1 Å². The van der Waals surface area contributed by atoms with Crippen molar-refractivity contribution in [3.63, 3.8) is 0 Å². The van der Waals surface area contributed by atoms with Crippen LogP contribution in [0.1, 0.15) is 40.8 Å². The fourth-order valence-corrected chi connectivity index (χ4v) is 4.30. The van der Waals surface area contributed by atoms with Gasteiger partial charge >= 0.3 is 0 Å². The maximum absolute atomic E-state index is 12.7. The second-order valence-corrected chi connectivity index (χ2v) is 8.55. The summed E-state index contributed by atoms with van der Waals surface area (Å²) < 4.78 is 7.06. The molecule has 1 aliphatic rings. The van der Waals surface area contributed by atoms with E-state index in [1.807, 2.05) is 47.1 Å². The smallest absolute Gasteiger partial charge is 0.250 e. The van der Waals surface area contributed by atoms with Crippen molar-refractivity contribution in [2.24, 2.45) is 0 Å². The van der Waals surface area contributed by atoms with Crippen LogP contribution in [0.2, 0.25) is 0 Å². The van der Waals surface area contributed by atoms with Crippen LogP contribution in [-0.2, 0) is 11.2 Å². The molecule has 7 heteroatoms. The second-order valence-electron chi connectivity index (χ2n) is 8.55. The Morgan fingerprint density at radius 2 is 1.76 bits per heavy atom. The Labute approximate surface area is 198 Å². The first kappa shape index (κ1) is 21.7. The lowest BCUT2D eigenvalue weighted by Crippen LogP contribution is -2.28. The number of anilines is 2. The Morgan fingerprint density at radius 3 is 2.47 bits per heavy atom. The minimum Gasteiger partial charge on any atom is -0.497 e. The van der Waals surface area contributed by atoms with Gasteiger partial charge in [0.2, 0.25) is 11.9 Å². The number of amides is 1. The number of aryl methyl sites for hydroxylation is 1. The highest BCUT2D eigenvalue weighted by Gasteiger charge is 2.31. The summed E-state index contributed by atoms with van der Waals surface area (Å²) in [7, 11) is 1.62. The zero-order valence-electron chi connectivity index (χ0n) is 19.2. The van der Waals surface area contributed by atoms with Crippen LogP contribution < -0.4 is 15.4 Å². The molecule has 2 atom stereocenters. The molecule has 7 nitrogen and oxygen atoms in total. The third-order valence-electron chi connectivity index (χ3n) is 6.13. The summed E-state index contributed by atoms with van der Waals surface area (Å²) in [5, 5.41) is 11.0. The zero-order valence-corrected chi connectivity index (χ0v) is 19.2. The molecule has 1 aliphatic heterocycles. The molecule has 1 amide bonds. The average molecular weight is 454 g/mol. The molecular weight excluding hydrogens is 426 g/mol. The number of hydrogen-bond acceptors (Lipinski definition) is 5. The maximum atomic E-state index is 12.7. The van der Waals surface area contributed by atoms with Crippen LogP contribution in [0, 0.1) is 6.92 Å². The van der Waals surface area contributed by atoms with E-state index in [-0.39, 0.29) is 24.4 Å². The van der Waals surface area contributed by atoms with Crippen molar-refractivity contribution in [2.45, 2.75) is 31.8 Å². The molecule has 0 fully saturated rings. The number of benzene rings is 3. The van der Waals surface area contributed by atoms with E-state index < -0.39 is 0 Å². The van der Waals surface area contributed by atoms with Crippen LogP contribution in [0.3, 0.4) is 0 Å². The third kappa shape index (κ3) is 4.64. The standard InChI is InChI=1S/C27H27N5O2/c1-18-8-12-21(13-9-18)24-17-23(20-6-4-3-5-7-20)28-27-30-26(31-32(24)27)29-25(33)16-19-10-14-22(34-2)15-11-19/h3-15,23-24H,16-17H2,1-2H3,(H2,28,29,30,31,33)/t23-,24-/m0/s1. The third-order valence-corrected chi connectivity index (χ3v) is 6.13. The van der Waals surface area contributed by atoms with E-state index in [9.17, 15) is 4.79 Å². The summed E-state index contributed by atoms with van der Waals surface area (Å²) in [4.78, 5) is 17.3.